The number of pyridine rings is 1. The van der Waals surface area contributed by atoms with Crippen LogP contribution >= 0.6 is 0 Å². The summed E-state index contributed by atoms with van der Waals surface area (Å²) in [5.74, 6) is 2.85. The van der Waals surface area contributed by atoms with E-state index >= 15 is 0 Å². The summed E-state index contributed by atoms with van der Waals surface area (Å²) in [6, 6.07) is 10.0. The third-order valence-electron chi connectivity index (χ3n) is 6.37. The molecule has 7 heteroatoms. The van der Waals surface area contributed by atoms with Gasteiger partial charge in [-0.25, -0.2) is 4.98 Å². The van der Waals surface area contributed by atoms with Crippen molar-refractivity contribution in [2.45, 2.75) is 46.2 Å². The molecule has 2 aliphatic rings. The molecule has 34 heavy (non-hydrogen) atoms. The second-order valence-corrected chi connectivity index (χ2v) is 9.69. The Kier molecular flexibility index (Phi) is 8.27. The molecule has 3 heterocycles. The van der Waals surface area contributed by atoms with Crippen molar-refractivity contribution in [1.82, 2.24) is 14.8 Å². The van der Waals surface area contributed by atoms with E-state index in [2.05, 4.69) is 29.8 Å². The van der Waals surface area contributed by atoms with Crippen LogP contribution in [0, 0.1) is 11.8 Å². The summed E-state index contributed by atoms with van der Waals surface area (Å²) in [6.45, 7) is 9.46. The summed E-state index contributed by atoms with van der Waals surface area (Å²) in [5.41, 5.74) is 2.13. The number of ether oxygens (including phenoxy) is 3. The van der Waals surface area contributed by atoms with E-state index in [4.69, 9.17) is 14.2 Å². The van der Waals surface area contributed by atoms with E-state index in [1.165, 1.54) is 0 Å². The van der Waals surface area contributed by atoms with E-state index in [-0.39, 0.29) is 11.8 Å². The van der Waals surface area contributed by atoms with Crippen LogP contribution in [0.5, 0.6) is 17.4 Å². The number of piperidine rings is 1. The largest absolute Gasteiger partial charge is 0.490 e. The lowest BCUT2D eigenvalue weighted by molar-refractivity contribution is -0.138. The van der Waals surface area contributed by atoms with Gasteiger partial charge in [0, 0.05) is 44.4 Å². The maximum Gasteiger partial charge on any atom is 0.227 e. The molecule has 0 radical (unpaired) electrons. The molecule has 1 unspecified atom stereocenters. The van der Waals surface area contributed by atoms with Gasteiger partial charge in [0.25, 0.3) is 0 Å². The molecular weight excluding hydrogens is 430 g/mol. The number of amides is 1. The van der Waals surface area contributed by atoms with Crippen molar-refractivity contribution >= 4 is 5.91 Å². The van der Waals surface area contributed by atoms with Crippen molar-refractivity contribution in [2.75, 3.05) is 40.0 Å². The molecule has 0 bridgehead atoms. The molecule has 7 nitrogen and oxygen atoms in total. The summed E-state index contributed by atoms with van der Waals surface area (Å²) in [4.78, 5) is 22.4. The molecule has 0 spiro atoms. The first-order valence-corrected chi connectivity index (χ1v) is 12.4. The zero-order valence-corrected chi connectivity index (χ0v) is 20.7. The van der Waals surface area contributed by atoms with E-state index in [9.17, 15) is 4.79 Å². The van der Waals surface area contributed by atoms with Crippen molar-refractivity contribution in [3.05, 3.63) is 47.7 Å². The van der Waals surface area contributed by atoms with Crippen LogP contribution in [0.1, 0.15) is 44.2 Å². The molecule has 1 amide bonds. The van der Waals surface area contributed by atoms with Gasteiger partial charge in [0.1, 0.15) is 0 Å². The summed E-state index contributed by atoms with van der Waals surface area (Å²) in [7, 11) is 1.65. The molecule has 1 aromatic heterocycles. The van der Waals surface area contributed by atoms with E-state index in [0.29, 0.717) is 31.6 Å². The third kappa shape index (κ3) is 6.20. The van der Waals surface area contributed by atoms with Crippen LogP contribution in [0.3, 0.4) is 0 Å². The van der Waals surface area contributed by atoms with Gasteiger partial charge in [-0.1, -0.05) is 26.0 Å². The number of benzene rings is 1. The first-order chi connectivity index (χ1) is 16.5. The lowest BCUT2D eigenvalue weighted by Gasteiger charge is -2.35. The molecule has 1 fully saturated rings. The van der Waals surface area contributed by atoms with Crippen LogP contribution in [0.4, 0.5) is 0 Å². The standard InChI is InChI=1S/C27H37N3O4/c1-20(2)16-30(17-21-9-10-24-25(15-21)34-14-6-13-33-24)27(31)23-8-5-12-29(19-23)18-22-7-4-11-28-26(22)32-3/h4,7,9-11,15,20,23H,5-6,8,12-14,16-19H2,1-3H3. The van der Waals surface area contributed by atoms with Gasteiger partial charge in [0.05, 0.1) is 26.2 Å². The lowest BCUT2D eigenvalue weighted by atomic mass is 9.95. The number of rotatable bonds is 8. The molecule has 0 N–H and O–H groups in total. The van der Waals surface area contributed by atoms with Crippen molar-refractivity contribution in [1.29, 1.82) is 0 Å². The van der Waals surface area contributed by atoms with Gasteiger partial charge in [-0.05, 0) is 49.1 Å². The van der Waals surface area contributed by atoms with Crippen molar-refractivity contribution in [3.8, 4) is 17.4 Å². The zero-order chi connectivity index (χ0) is 23.9. The average Bonchev–Trinajstić information content (AvgIpc) is 3.08. The highest BCUT2D eigenvalue weighted by molar-refractivity contribution is 5.79. The Morgan fingerprint density at radius 1 is 1.21 bits per heavy atom. The smallest absolute Gasteiger partial charge is 0.227 e. The number of carbonyl (C=O) groups is 1. The van der Waals surface area contributed by atoms with Gasteiger partial charge in [-0.15, -0.1) is 0 Å². The molecule has 1 aromatic carbocycles. The fraction of sp³-hybridized carbons (Fsp3) is 0.556. The van der Waals surface area contributed by atoms with Gasteiger partial charge >= 0.3 is 0 Å². The normalized spacial score (nSPS) is 18.4. The number of hydrogen-bond acceptors (Lipinski definition) is 6. The predicted molar refractivity (Wildman–Crippen MR) is 131 cm³/mol. The number of hydrogen-bond donors (Lipinski definition) is 0. The minimum absolute atomic E-state index is 0.00410. The average molecular weight is 468 g/mol. The molecule has 1 atom stereocenters. The monoisotopic (exact) mass is 467 g/mol. The number of fused-ring (bicyclic) bond motifs is 1. The summed E-state index contributed by atoms with van der Waals surface area (Å²) < 4.78 is 17.1. The fourth-order valence-corrected chi connectivity index (χ4v) is 4.83. The molecule has 0 aliphatic carbocycles. The van der Waals surface area contributed by atoms with Crippen LogP contribution in [0.25, 0.3) is 0 Å². The fourth-order valence-electron chi connectivity index (χ4n) is 4.83. The Labute approximate surface area is 203 Å². The SMILES string of the molecule is COc1ncccc1CN1CCCC(C(=O)N(Cc2ccc3c(c2)OCCCO3)CC(C)C)C1. The second kappa shape index (κ2) is 11.6. The predicted octanol–water partition coefficient (Wildman–Crippen LogP) is 4.15. The van der Waals surface area contributed by atoms with Crippen molar-refractivity contribution < 1.29 is 19.0 Å². The van der Waals surface area contributed by atoms with Gasteiger partial charge in [-0.3, -0.25) is 9.69 Å². The van der Waals surface area contributed by atoms with Crippen LogP contribution < -0.4 is 14.2 Å². The Bertz CT molecular complexity index is 965. The molecule has 4 rings (SSSR count). The summed E-state index contributed by atoms with van der Waals surface area (Å²) in [6.07, 6.45) is 4.56. The first-order valence-electron chi connectivity index (χ1n) is 12.4. The Morgan fingerprint density at radius 2 is 2.03 bits per heavy atom. The lowest BCUT2D eigenvalue weighted by Crippen LogP contribution is -2.45. The zero-order valence-electron chi connectivity index (χ0n) is 20.7. The van der Waals surface area contributed by atoms with Crippen LogP contribution in [-0.2, 0) is 17.9 Å². The first kappa shape index (κ1) is 24.3. The van der Waals surface area contributed by atoms with E-state index in [1.807, 2.05) is 29.2 Å². The number of aromatic nitrogens is 1. The minimum atomic E-state index is -0.00410. The number of carbonyl (C=O) groups excluding carboxylic acids is 1. The van der Waals surface area contributed by atoms with Gasteiger partial charge in [0.2, 0.25) is 11.8 Å². The highest BCUT2D eigenvalue weighted by Crippen LogP contribution is 2.31. The molecule has 0 saturated carbocycles. The molecule has 2 aromatic rings. The van der Waals surface area contributed by atoms with Gasteiger partial charge in [0.15, 0.2) is 11.5 Å². The minimum Gasteiger partial charge on any atom is -0.490 e. The van der Waals surface area contributed by atoms with Crippen LogP contribution in [0.15, 0.2) is 36.5 Å². The Morgan fingerprint density at radius 3 is 2.82 bits per heavy atom. The summed E-state index contributed by atoms with van der Waals surface area (Å²) in [5, 5.41) is 0. The number of methoxy groups -OCH3 is 1. The van der Waals surface area contributed by atoms with Gasteiger partial charge in [-0.2, -0.15) is 0 Å². The van der Waals surface area contributed by atoms with Crippen LogP contribution in [-0.4, -0.2) is 60.6 Å². The Hall–Kier alpha value is -2.80. The van der Waals surface area contributed by atoms with E-state index in [1.54, 1.807) is 13.3 Å². The summed E-state index contributed by atoms with van der Waals surface area (Å²) >= 11 is 0. The number of likely N-dealkylation sites (tertiary alicyclic amines) is 1. The van der Waals surface area contributed by atoms with Crippen molar-refractivity contribution in [3.63, 3.8) is 0 Å². The quantitative estimate of drug-likeness (QED) is 0.581. The highest BCUT2D eigenvalue weighted by Gasteiger charge is 2.30. The van der Waals surface area contributed by atoms with E-state index < -0.39 is 0 Å². The van der Waals surface area contributed by atoms with Gasteiger partial charge < -0.3 is 19.1 Å². The molecule has 2 aliphatic heterocycles. The number of nitrogens with zero attached hydrogens (tertiary/aromatic N) is 3. The third-order valence-corrected chi connectivity index (χ3v) is 6.37. The second-order valence-electron chi connectivity index (χ2n) is 9.69. The highest BCUT2D eigenvalue weighted by atomic mass is 16.5. The van der Waals surface area contributed by atoms with E-state index in [0.717, 1.165) is 68.1 Å². The van der Waals surface area contributed by atoms with Crippen LogP contribution in [0.2, 0.25) is 0 Å². The molecule has 1 saturated heterocycles. The molecular formula is C27H37N3O4. The topological polar surface area (TPSA) is 64.1 Å². The molecule has 184 valence electrons. The van der Waals surface area contributed by atoms with Crippen molar-refractivity contribution in [2.24, 2.45) is 11.8 Å². The maximum absolute atomic E-state index is 13.7. The Balaban J connectivity index is 1.45. The maximum atomic E-state index is 13.7.